The molecule has 4 heteroatoms. The molecule has 0 fully saturated rings. The van der Waals surface area contributed by atoms with E-state index in [1.54, 1.807) is 13.8 Å². The zero-order chi connectivity index (χ0) is 11.4. The number of hydrogen-bond acceptors (Lipinski definition) is 3. The Bertz CT molecular complexity index is 241. The fourth-order valence-electron chi connectivity index (χ4n) is 0.823. The fraction of sp³-hybridized carbons (Fsp3) is 0.800. The Morgan fingerprint density at radius 1 is 1.57 bits per heavy atom. The number of aliphatic hydroxyl groups is 1. The topological polar surface area (TPSA) is 73.1 Å². The third-order valence-electron chi connectivity index (χ3n) is 2.17. The maximum absolute atomic E-state index is 11.5. The van der Waals surface area contributed by atoms with Gasteiger partial charge in [-0.2, -0.15) is 5.26 Å². The van der Waals surface area contributed by atoms with Crippen LogP contribution in [0.2, 0.25) is 0 Å². The molecule has 0 rings (SSSR count). The van der Waals surface area contributed by atoms with E-state index in [1.165, 1.54) is 0 Å². The molecule has 14 heavy (non-hydrogen) atoms. The van der Waals surface area contributed by atoms with Crippen LogP contribution in [0.1, 0.15) is 27.7 Å². The molecular formula is C10H18N2O2. The first kappa shape index (κ1) is 12.9. The molecule has 0 aromatic rings. The molecule has 0 spiro atoms. The molecule has 0 saturated carbocycles. The lowest BCUT2D eigenvalue weighted by Gasteiger charge is -2.23. The summed E-state index contributed by atoms with van der Waals surface area (Å²) in [5.41, 5.74) is -1.04. The average molecular weight is 198 g/mol. The van der Waals surface area contributed by atoms with Crippen molar-refractivity contribution in [1.29, 1.82) is 5.26 Å². The summed E-state index contributed by atoms with van der Waals surface area (Å²) in [4.78, 5) is 11.5. The van der Waals surface area contributed by atoms with Gasteiger partial charge in [0.25, 0.3) is 0 Å². The molecule has 0 radical (unpaired) electrons. The highest BCUT2D eigenvalue weighted by atomic mass is 16.3. The van der Waals surface area contributed by atoms with Gasteiger partial charge in [-0.1, -0.05) is 13.8 Å². The Kier molecular flexibility index (Phi) is 4.58. The fourth-order valence-corrected chi connectivity index (χ4v) is 0.823. The van der Waals surface area contributed by atoms with E-state index in [0.717, 1.165) is 0 Å². The van der Waals surface area contributed by atoms with Gasteiger partial charge < -0.3 is 10.4 Å². The second-order valence-electron chi connectivity index (χ2n) is 4.24. The summed E-state index contributed by atoms with van der Waals surface area (Å²) in [6, 6.07) is 1.63. The predicted molar refractivity (Wildman–Crippen MR) is 53.2 cm³/mol. The molecule has 0 saturated heterocycles. The smallest absolute Gasteiger partial charge is 0.240 e. The summed E-state index contributed by atoms with van der Waals surface area (Å²) in [5, 5.41) is 20.3. The summed E-state index contributed by atoms with van der Waals surface area (Å²) in [6.45, 7) is 6.81. The van der Waals surface area contributed by atoms with E-state index >= 15 is 0 Å². The molecule has 0 heterocycles. The lowest BCUT2D eigenvalue weighted by molar-refractivity contribution is -0.128. The van der Waals surface area contributed by atoms with Gasteiger partial charge in [0.15, 0.2) is 0 Å². The van der Waals surface area contributed by atoms with Crippen molar-refractivity contribution < 1.29 is 9.90 Å². The van der Waals surface area contributed by atoms with Crippen LogP contribution in [0.3, 0.4) is 0 Å². The van der Waals surface area contributed by atoms with Crippen LogP contribution in [-0.4, -0.2) is 23.7 Å². The highest BCUT2D eigenvalue weighted by Gasteiger charge is 2.29. The maximum Gasteiger partial charge on any atom is 0.240 e. The molecule has 80 valence electrons. The number of nitrogens with zero attached hydrogens (tertiary/aromatic N) is 1. The highest BCUT2D eigenvalue weighted by molar-refractivity contribution is 5.84. The minimum atomic E-state index is -1.04. The van der Waals surface area contributed by atoms with Crippen LogP contribution >= 0.6 is 0 Å². The van der Waals surface area contributed by atoms with Crippen molar-refractivity contribution in [3.8, 4) is 6.07 Å². The van der Waals surface area contributed by atoms with Crippen LogP contribution in [0.5, 0.6) is 0 Å². The number of nitriles is 1. The molecule has 0 aliphatic rings. The summed E-state index contributed by atoms with van der Waals surface area (Å²) in [7, 11) is 0. The Labute approximate surface area is 84.9 Å². The third-order valence-corrected chi connectivity index (χ3v) is 2.17. The van der Waals surface area contributed by atoms with Gasteiger partial charge in [-0.05, 0) is 19.8 Å². The zero-order valence-electron chi connectivity index (χ0n) is 9.16. The number of rotatable bonds is 4. The van der Waals surface area contributed by atoms with Gasteiger partial charge in [-0.25, -0.2) is 0 Å². The summed E-state index contributed by atoms with van der Waals surface area (Å²) in [6.07, 6.45) is 0. The minimum Gasteiger partial charge on any atom is -0.394 e. The molecular weight excluding hydrogens is 180 g/mol. The van der Waals surface area contributed by atoms with Gasteiger partial charge in [0.05, 0.1) is 18.7 Å². The van der Waals surface area contributed by atoms with E-state index < -0.39 is 5.41 Å². The first-order valence-corrected chi connectivity index (χ1v) is 4.68. The molecule has 4 nitrogen and oxygen atoms in total. The van der Waals surface area contributed by atoms with Gasteiger partial charge in [-0.3, -0.25) is 4.79 Å². The number of carbonyl (C=O) groups is 1. The average Bonchev–Trinajstić information content (AvgIpc) is 2.12. The minimum absolute atomic E-state index is 0.106. The molecule has 0 aromatic heterocycles. The number of nitrogens with one attached hydrogen (secondary N) is 1. The normalized spacial score (nSPS) is 13.5. The van der Waals surface area contributed by atoms with Crippen molar-refractivity contribution >= 4 is 5.91 Å². The van der Waals surface area contributed by atoms with Crippen molar-refractivity contribution in [2.24, 2.45) is 11.3 Å². The van der Waals surface area contributed by atoms with Crippen molar-refractivity contribution in [3.63, 3.8) is 0 Å². The van der Waals surface area contributed by atoms with Crippen LogP contribution < -0.4 is 5.32 Å². The monoisotopic (exact) mass is 198 g/mol. The van der Waals surface area contributed by atoms with Crippen molar-refractivity contribution in [2.45, 2.75) is 33.7 Å². The Morgan fingerprint density at radius 2 is 2.07 bits per heavy atom. The second-order valence-corrected chi connectivity index (χ2v) is 4.24. The molecule has 0 unspecified atom stereocenters. The summed E-state index contributed by atoms with van der Waals surface area (Å²) >= 11 is 0. The van der Waals surface area contributed by atoms with E-state index in [-0.39, 0.29) is 24.5 Å². The standard InChI is InChI=1S/C10H18N2O2/c1-7(2)8(5-13)12-9(14)10(3,4)6-11/h7-8,13H,5H2,1-4H3,(H,12,14)/t8-/m1/s1. The lowest BCUT2D eigenvalue weighted by Crippen LogP contribution is -2.46. The Balaban J connectivity index is 4.39. The van der Waals surface area contributed by atoms with Gasteiger partial charge >= 0.3 is 0 Å². The molecule has 1 amide bonds. The van der Waals surface area contributed by atoms with Gasteiger partial charge in [-0.15, -0.1) is 0 Å². The Hall–Kier alpha value is -1.08. The molecule has 0 aromatic carbocycles. The quantitative estimate of drug-likeness (QED) is 0.697. The highest BCUT2D eigenvalue weighted by Crippen LogP contribution is 2.14. The third kappa shape index (κ3) is 3.35. The van der Waals surface area contributed by atoms with Gasteiger partial charge in [0.2, 0.25) is 5.91 Å². The van der Waals surface area contributed by atoms with E-state index in [9.17, 15) is 4.79 Å². The van der Waals surface area contributed by atoms with Crippen LogP contribution in [-0.2, 0) is 4.79 Å². The lowest BCUT2D eigenvalue weighted by atomic mass is 9.93. The first-order chi connectivity index (χ1) is 6.35. The summed E-state index contributed by atoms with van der Waals surface area (Å²) < 4.78 is 0. The first-order valence-electron chi connectivity index (χ1n) is 4.68. The molecule has 1 atom stereocenters. The largest absolute Gasteiger partial charge is 0.394 e. The molecule has 0 bridgehead atoms. The SMILES string of the molecule is CC(C)[C@@H](CO)NC(=O)C(C)(C)C#N. The van der Waals surface area contributed by atoms with Crippen LogP contribution in [0.25, 0.3) is 0 Å². The van der Waals surface area contributed by atoms with Gasteiger partial charge in [0, 0.05) is 0 Å². The number of hydrogen-bond donors (Lipinski definition) is 2. The van der Waals surface area contributed by atoms with E-state index in [1.807, 2.05) is 19.9 Å². The molecule has 0 aliphatic heterocycles. The Morgan fingerprint density at radius 3 is 2.36 bits per heavy atom. The number of amides is 1. The van der Waals surface area contributed by atoms with Crippen LogP contribution in [0.15, 0.2) is 0 Å². The van der Waals surface area contributed by atoms with E-state index in [4.69, 9.17) is 10.4 Å². The van der Waals surface area contributed by atoms with Crippen LogP contribution in [0, 0.1) is 22.7 Å². The molecule has 0 aliphatic carbocycles. The zero-order valence-corrected chi connectivity index (χ0v) is 9.16. The van der Waals surface area contributed by atoms with Gasteiger partial charge in [0.1, 0.15) is 5.41 Å². The summed E-state index contributed by atoms with van der Waals surface area (Å²) in [5.74, 6) is -0.189. The van der Waals surface area contributed by atoms with Crippen molar-refractivity contribution in [2.75, 3.05) is 6.61 Å². The number of aliphatic hydroxyl groups excluding tert-OH is 1. The maximum atomic E-state index is 11.5. The number of carbonyl (C=O) groups excluding carboxylic acids is 1. The van der Waals surface area contributed by atoms with E-state index in [0.29, 0.717) is 0 Å². The molecule has 2 N–H and O–H groups in total. The van der Waals surface area contributed by atoms with Crippen LogP contribution in [0.4, 0.5) is 0 Å². The van der Waals surface area contributed by atoms with E-state index in [2.05, 4.69) is 5.32 Å². The predicted octanol–water partition coefficient (Wildman–Crippen LogP) is 0.669. The van der Waals surface area contributed by atoms with Crippen molar-refractivity contribution in [3.05, 3.63) is 0 Å². The second kappa shape index (κ2) is 4.97. The van der Waals surface area contributed by atoms with Crippen molar-refractivity contribution in [1.82, 2.24) is 5.32 Å².